The van der Waals surface area contributed by atoms with E-state index in [0.717, 1.165) is 51.0 Å². The number of carbonyl (C=O) groups excluding carboxylic acids is 1. The van der Waals surface area contributed by atoms with Gasteiger partial charge in [-0.05, 0) is 61.4 Å². The van der Waals surface area contributed by atoms with E-state index in [2.05, 4.69) is 45.2 Å². The van der Waals surface area contributed by atoms with Crippen LogP contribution in [-0.2, 0) is 9.47 Å². The molecule has 4 fully saturated rings. The number of carboxylic acid groups (broad SMARTS) is 1. The van der Waals surface area contributed by atoms with Crippen molar-refractivity contribution in [1.82, 2.24) is 39.2 Å². The summed E-state index contributed by atoms with van der Waals surface area (Å²) in [6.07, 6.45) is 2.02. The minimum atomic E-state index is -1.09. The molecule has 6 aromatic rings. The van der Waals surface area contributed by atoms with Crippen molar-refractivity contribution < 1.29 is 33.0 Å². The van der Waals surface area contributed by atoms with Crippen molar-refractivity contribution in [3.8, 4) is 0 Å². The molecule has 0 aromatic carbocycles. The number of imidazole rings is 2. The second kappa shape index (κ2) is 18.7. The zero-order chi connectivity index (χ0) is 42.3. The third-order valence-corrected chi connectivity index (χ3v) is 10.5. The SMILES string of the molecule is Nc1cccc(N2CCOCC2)n1.O=C(Nc1cccc(N2CCOCC2)n1)c1cnc2ccc(N3CC[C@H](F)C3)nn12.O=C(O)c1cnc2ccc(N3CC[C@H](F)C3)nn12. The molecule has 4 N–H and O–H groups in total. The summed E-state index contributed by atoms with van der Waals surface area (Å²) in [6, 6.07) is 18.2. The van der Waals surface area contributed by atoms with Gasteiger partial charge in [0.15, 0.2) is 22.7 Å². The lowest BCUT2D eigenvalue weighted by atomic mass is 10.3. The summed E-state index contributed by atoms with van der Waals surface area (Å²) >= 11 is 0. The predicted molar refractivity (Wildman–Crippen MR) is 223 cm³/mol. The Morgan fingerprint density at radius 2 is 1.15 bits per heavy atom. The van der Waals surface area contributed by atoms with Gasteiger partial charge in [-0.1, -0.05) is 12.1 Å². The first-order valence-corrected chi connectivity index (χ1v) is 20.1. The first-order valence-electron chi connectivity index (χ1n) is 20.1. The molecule has 0 aliphatic carbocycles. The number of carboxylic acids is 1. The minimum Gasteiger partial charge on any atom is -0.476 e. The van der Waals surface area contributed by atoms with Gasteiger partial charge in [-0.25, -0.2) is 42.5 Å². The molecule has 4 aliphatic heterocycles. The number of amides is 1. The second-order valence-electron chi connectivity index (χ2n) is 14.6. The highest BCUT2D eigenvalue weighted by Crippen LogP contribution is 2.23. The van der Waals surface area contributed by atoms with E-state index in [4.69, 9.17) is 20.3 Å². The van der Waals surface area contributed by atoms with Crippen LogP contribution in [0.15, 0.2) is 73.1 Å². The number of carbonyl (C=O) groups is 2. The predicted octanol–water partition coefficient (Wildman–Crippen LogP) is 3.24. The van der Waals surface area contributed by atoms with Crippen LogP contribution in [0.1, 0.15) is 33.8 Å². The highest BCUT2D eigenvalue weighted by Gasteiger charge is 2.25. The molecule has 0 unspecified atom stereocenters. The number of alkyl halides is 2. The number of halogens is 2. The maximum absolute atomic E-state index is 13.6. The molecule has 0 saturated carbocycles. The number of nitrogens with two attached hydrogens (primary N) is 1. The number of morpholine rings is 2. The molecule has 0 spiro atoms. The van der Waals surface area contributed by atoms with Crippen LogP contribution in [0.2, 0.25) is 0 Å². The Kier molecular flexibility index (Phi) is 12.6. The maximum Gasteiger partial charge on any atom is 0.356 e. The van der Waals surface area contributed by atoms with Crippen molar-refractivity contribution >= 4 is 58.1 Å². The van der Waals surface area contributed by atoms with Gasteiger partial charge in [0, 0.05) is 39.3 Å². The summed E-state index contributed by atoms with van der Waals surface area (Å²) in [5.74, 6) is 2.53. The van der Waals surface area contributed by atoms with E-state index in [1.165, 1.54) is 21.4 Å². The number of nitrogens with zero attached hydrogens (tertiary/aromatic N) is 12. The number of hydrogen-bond donors (Lipinski definition) is 3. The summed E-state index contributed by atoms with van der Waals surface area (Å²) in [5, 5.41) is 20.5. The number of aromatic carboxylic acids is 1. The number of hydrogen-bond acceptors (Lipinski definition) is 15. The lowest BCUT2D eigenvalue weighted by Crippen LogP contribution is -2.36. The first-order chi connectivity index (χ1) is 29.7. The summed E-state index contributed by atoms with van der Waals surface area (Å²) in [4.78, 5) is 48.9. The molecular formula is C40H46F2N14O5. The number of nitrogen functional groups attached to an aromatic ring is 1. The smallest absolute Gasteiger partial charge is 0.356 e. The average molecular weight is 841 g/mol. The van der Waals surface area contributed by atoms with E-state index in [9.17, 15) is 18.4 Å². The lowest BCUT2D eigenvalue weighted by Gasteiger charge is -2.27. The molecule has 19 nitrogen and oxygen atoms in total. The topological polar surface area (TPSA) is 210 Å². The van der Waals surface area contributed by atoms with E-state index in [1.807, 2.05) is 29.2 Å². The van der Waals surface area contributed by atoms with Crippen LogP contribution in [0.5, 0.6) is 0 Å². The first kappa shape index (κ1) is 41.0. The fourth-order valence-corrected chi connectivity index (χ4v) is 7.27. The van der Waals surface area contributed by atoms with Crippen LogP contribution in [0.3, 0.4) is 0 Å². The molecule has 1 amide bonds. The van der Waals surface area contributed by atoms with E-state index in [1.54, 1.807) is 41.3 Å². The summed E-state index contributed by atoms with van der Waals surface area (Å²) in [7, 11) is 0. The standard InChI is InChI=1S/C20H22FN7O2.C11H11FN4O2.C9H13N3O/c21-14-6-7-27(13-14)19-5-4-17-22-12-15(28(17)25-19)20(29)24-16-2-1-3-18(23-16)26-8-10-30-11-9-26;12-7-3-4-15(6-7)10-2-1-9-13-5-8(11(17)18)16(9)14-10;10-8-2-1-3-9(11-8)12-4-6-13-7-5-12/h1-5,12,14H,6-11,13H2,(H,23,24,29);1-2,5,7H,3-4,6H2,(H,17,18);1-3H,4-7H2,(H2,10,11)/t14-;7-;/m00./s1. The van der Waals surface area contributed by atoms with Crippen molar-refractivity contribution in [2.75, 3.05) is 109 Å². The van der Waals surface area contributed by atoms with Crippen LogP contribution >= 0.6 is 0 Å². The number of anilines is 6. The molecule has 6 aromatic heterocycles. The fourth-order valence-electron chi connectivity index (χ4n) is 7.27. The zero-order valence-corrected chi connectivity index (χ0v) is 33.3. The van der Waals surface area contributed by atoms with Crippen molar-refractivity contribution in [2.24, 2.45) is 0 Å². The highest BCUT2D eigenvalue weighted by atomic mass is 19.1. The van der Waals surface area contributed by atoms with E-state index in [-0.39, 0.29) is 11.6 Å². The Bertz CT molecular complexity index is 2460. The molecular weight excluding hydrogens is 795 g/mol. The third kappa shape index (κ3) is 9.84. The third-order valence-electron chi connectivity index (χ3n) is 10.5. The van der Waals surface area contributed by atoms with Crippen LogP contribution in [0, 0.1) is 0 Å². The van der Waals surface area contributed by atoms with Crippen molar-refractivity contribution in [2.45, 2.75) is 25.2 Å². The van der Waals surface area contributed by atoms with Crippen LogP contribution in [-0.4, -0.2) is 147 Å². The second-order valence-corrected chi connectivity index (χ2v) is 14.6. The Balaban J connectivity index is 0.000000140. The number of pyridine rings is 2. The summed E-state index contributed by atoms with van der Waals surface area (Å²) in [6.45, 7) is 8.01. The molecule has 21 heteroatoms. The summed E-state index contributed by atoms with van der Waals surface area (Å²) in [5.41, 5.74) is 6.91. The van der Waals surface area contributed by atoms with Crippen LogP contribution in [0.25, 0.3) is 11.3 Å². The Labute approximate surface area is 348 Å². The monoisotopic (exact) mass is 840 g/mol. The Morgan fingerprint density at radius 3 is 1.66 bits per heavy atom. The average Bonchev–Trinajstić information content (AvgIpc) is 4.11. The molecule has 0 bridgehead atoms. The number of fused-ring (bicyclic) bond motifs is 2. The van der Waals surface area contributed by atoms with Gasteiger partial charge < -0.3 is 45.2 Å². The molecule has 10 rings (SSSR count). The number of ether oxygens (including phenoxy) is 2. The zero-order valence-electron chi connectivity index (χ0n) is 33.3. The lowest BCUT2D eigenvalue weighted by molar-refractivity contribution is 0.0687. The van der Waals surface area contributed by atoms with Gasteiger partial charge in [-0.15, -0.1) is 10.2 Å². The maximum atomic E-state index is 13.6. The molecule has 61 heavy (non-hydrogen) atoms. The van der Waals surface area contributed by atoms with Crippen molar-refractivity contribution in [3.63, 3.8) is 0 Å². The van der Waals surface area contributed by atoms with Crippen molar-refractivity contribution in [1.29, 1.82) is 0 Å². The molecule has 320 valence electrons. The van der Waals surface area contributed by atoms with E-state index >= 15 is 0 Å². The Hall–Kier alpha value is -6.74. The number of rotatable bonds is 7. The van der Waals surface area contributed by atoms with E-state index < -0.39 is 18.3 Å². The summed E-state index contributed by atoms with van der Waals surface area (Å²) < 4.78 is 40.1. The van der Waals surface area contributed by atoms with Gasteiger partial charge in [-0.2, -0.15) is 0 Å². The number of aromatic nitrogens is 8. The van der Waals surface area contributed by atoms with Gasteiger partial charge >= 0.3 is 5.97 Å². The van der Waals surface area contributed by atoms with E-state index in [0.29, 0.717) is 92.5 Å². The van der Waals surface area contributed by atoms with Gasteiger partial charge in [0.05, 0.1) is 51.9 Å². The van der Waals surface area contributed by atoms with Gasteiger partial charge in [0.2, 0.25) is 0 Å². The van der Waals surface area contributed by atoms with Gasteiger partial charge in [0.1, 0.15) is 47.3 Å². The molecule has 4 aliphatic rings. The molecule has 0 radical (unpaired) electrons. The quantitative estimate of drug-likeness (QED) is 0.211. The molecule has 2 atom stereocenters. The highest BCUT2D eigenvalue weighted by molar-refractivity contribution is 6.03. The molecule has 10 heterocycles. The normalized spacial score (nSPS) is 19.0. The van der Waals surface area contributed by atoms with Crippen molar-refractivity contribution in [3.05, 3.63) is 84.4 Å². The Morgan fingerprint density at radius 1 is 0.639 bits per heavy atom. The minimum absolute atomic E-state index is 0.00263. The largest absolute Gasteiger partial charge is 0.476 e. The van der Waals surface area contributed by atoms with Crippen LogP contribution in [0.4, 0.5) is 43.7 Å². The number of nitrogens with one attached hydrogen (secondary N) is 1. The van der Waals surface area contributed by atoms with Gasteiger partial charge in [0.25, 0.3) is 5.91 Å². The fraction of sp³-hybridized carbons (Fsp3) is 0.400. The van der Waals surface area contributed by atoms with Gasteiger partial charge in [-0.3, -0.25) is 4.79 Å². The van der Waals surface area contributed by atoms with Crippen LogP contribution < -0.4 is 30.7 Å². The molecule has 4 saturated heterocycles.